The van der Waals surface area contributed by atoms with Gasteiger partial charge in [-0.05, 0) is 50.1 Å². The molecular weight excluding hydrogens is 353 g/mol. The molecule has 1 aromatic heterocycles. The summed E-state index contributed by atoms with van der Waals surface area (Å²) in [4.78, 5) is 6.74. The second kappa shape index (κ2) is 7.17. The minimum Gasteiger partial charge on any atom is -0.338 e. The minimum absolute atomic E-state index is 0.0606. The molecule has 1 saturated carbocycles. The minimum atomic E-state index is -0.182. The van der Waals surface area contributed by atoms with Crippen LogP contribution in [0, 0.1) is 5.82 Å². The van der Waals surface area contributed by atoms with Gasteiger partial charge >= 0.3 is 0 Å². The van der Waals surface area contributed by atoms with E-state index in [9.17, 15) is 4.39 Å². The van der Waals surface area contributed by atoms with Gasteiger partial charge in [-0.25, -0.2) is 4.39 Å². The number of halogens is 2. The lowest BCUT2D eigenvalue weighted by molar-refractivity contribution is 0.163. The van der Waals surface area contributed by atoms with Gasteiger partial charge in [0, 0.05) is 28.2 Å². The number of benzene rings is 2. The normalized spacial score (nSPS) is 15.4. The molecule has 1 aliphatic carbocycles. The Bertz CT molecular complexity index is 892. The highest BCUT2D eigenvalue weighted by Crippen LogP contribution is 2.36. The Labute approximate surface area is 156 Å². The first-order valence-electron chi connectivity index (χ1n) is 8.70. The average molecular weight is 372 g/mol. The van der Waals surface area contributed by atoms with Crippen LogP contribution in [0.25, 0.3) is 11.4 Å². The zero-order valence-corrected chi connectivity index (χ0v) is 15.2. The van der Waals surface area contributed by atoms with Crippen LogP contribution in [0.5, 0.6) is 0 Å². The van der Waals surface area contributed by atoms with Crippen molar-refractivity contribution in [3.63, 3.8) is 0 Å². The lowest BCUT2D eigenvalue weighted by Gasteiger charge is -2.28. The van der Waals surface area contributed by atoms with E-state index in [4.69, 9.17) is 16.1 Å². The fraction of sp³-hybridized carbons (Fsp3) is 0.300. The van der Waals surface area contributed by atoms with Crippen molar-refractivity contribution < 1.29 is 8.91 Å². The Morgan fingerprint density at radius 3 is 2.62 bits per heavy atom. The molecule has 1 atom stereocenters. The second-order valence-corrected chi connectivity index (χ2v) is 7.06. The highest BCUT2D eigenvalue weighted by molar-refractivity contribution is 6.30. The first kappa shape index (κ1) is 17.2. The molecule has 0 saturated heterocycles. The summed E-state index contributed by atoms with van der Waals surface area (Å²) in [6, 6.07) is 14.6. The number of hydrogen-bond donors (Lipinski definition) is 0. The third kappa shape index (κ3) is 3.64. The van der Waals surface area contributed by atoms with Gasteiger partial charge in [0.2, 0.25) is 11.7 Å². The summed E-state index contributed by atoms with van der Waals surface area (Å²) in [5.41, 5.74) is 1.54. The highest BCUT2D eigenvalue weighted by Gasteiger charge is 2.34. The molecule has 0 unspecified atom stereocenters. The Balaban J connectivity index is 1.54. The maximum Gasteiger partial charge on any atom is 0.241 e. The van der Waals surface area contributed by atoms with E-state index < -0.39 is 0 Å². The van der Waals surface area contributed by atoms with Gasteiger partial charge in [-0.3, -0.25) is 4.90 Å². The van der Waals surface area contributed by atoms with Gasteiger partial charge in [0.05, 0.1) is 6.54 Å². The van der Waals surface area contributed by atoms with E-state index >= 15 is 0 Å². The van der Waals surface area contributed by atoms with Crippen LogP contribution in [0.3, 0.4) is 0 Å². The monoisotopic (exact) mass is 371 g/mol. The largest absolute Gasteiger partial charge is 0.338 e. The first-order chi connectivity index (χ1) is 12.6. The van der Waals surface area contributed by atoms with Gasteiger partial charge in [0.25, 0.3) is 0 Å². The van der Waals surface area contributed by atoms with Gasteiger partial charge in [0.15, 0.2) is 0 Å². The molecule has 0 aliphatic heterocycles. The molecule has 6 heteroatoms. The van der Waals surface area contributed by atoms with E-state index in [0.29, 0.717) is 34.9 Å². The van der Waals surface area contributed by atoms with Gasteiger partial charge in [0.1, 0.15) is 5.82 Å². The van der Waals surface area contributed by atoms with Gasteiger partial charge in [-0.1, -0.05) is 35.0 Å². The van der Waals surface area contributed by atoms with Crippen molar-refractivity contribution >= 4 is 11.6 Å². The lowest BCUT2D eigenvalue weighted by Crippen LogP contribution is -2.29. The highest BCUT2D eigenvalue weighted by atomic mass is 35.5. The van der Waals surface area contributed by atoms with Crippen LogP contribution in [0.2, 0.25) is 5.02 Å². The summed E-state index contributed by atoms with van der Waals surface area (Å²) in [6.45, 7) is 2.52. The van der Waals surface area contributed by atoms with E-state index in [1.807, 2.05) is 31.2 Å². The molecular formula is C20H19ClFN3O. The number of nitrogens with zero attached hydrogens (tertiary/aromatic N) is 3. The molecule has 0 N–H and O–H groups in total. The van der Waals surface area contributed by atoms with Crippen LogP contribution in [-0.4, -0.2) is 21.1 Å². The summed E-state index contributed by atoms with van der Waals surface area (Å²) in [6.07, 6.45) is 2.22. The Hall–Kier alpha value is -2.24. The van der Waals surface area contributed by atoms with E-state index in [0.717, 1.165) is 18.4 Å². The van der Waals surface area contributed by atoms with Gasteiger partial charge < -0.3 is 4.52 Å². The third-order valence-electron chi connectivity index (χ3n) is 4.76. The third-order valence-corrected chi connectivity index (χ3v) is 5.01. The Kier molecular flexibility index (Phi) is 4.74. The summed E-state index contributed by atoms with van der Waals surface area (Å²) in [5.74, 6) is 0.883. The fourth-order valence-corrected chi connectivity index (χ4v) is 3.30. The first-order valence-corrected chi connectivity index (χ1v) is 9.08. The van der Waals surface area contributed by atoms with Crippen molar-refractivity contribution in [1.29, 1.82) is 0 Å². The number of aromatic nitrogens is 2. The maximum absolute atomic E-state index is 14.2. The van der Waals surface area contributed by atoms with Crippen LogP contribution in [0.1, 0.15) is 37.3 Å². The predicted octanol–water partition coefficient (Wildman–Crippen LogP) is 5.25. The maximum atomic E-state index is 14.2. The van der Waals surface area contributed by atoms with Gasteiger partial charge in [-0.15, -0.1) is 0 Å². The van der Waals surface area contributed by atoms with Crippen molar-refractivity contribution in [3.8, 4) is 11.4 Å². The molecule has 134 valence electrons. The summed E-state index contributed by atoms with van der Waals surface area (Å²) in [7, 11) is 0. The molecule has 1 fully saturated rings. The van der Waals surface area contributed by atoms with Crippen molar-refractivity contribution in [2.24, 2.45) is 0 Å². The molecule has 0 radical (unpaired) electrons. The zero-order valence-electron chi connectivity index (χ0n) is 14.4. The molecule has 0 amide bonds. The van der Waals surface area contributed by atoms with Crippen LogP contribution < -0.4 is 0 Å². The molecule has 0 spiro atoms. The molecule has 4 rings (SSSR count). The quantitative estimate of drug-likeness (QED) is 0.593. The molecule has 0 bridgehead atoms. The summed E-state index contributed by atoms with van der Waals surface area (Å²) >= 11 is 5.92. The van der Waals surface area contributed by atoms with E-state index in [-0.39, 0.29) is 11.9 Å². The summed E-state index contributed by atoms with van der Waals surface area (Å²) in [5, 5.41) is 4.73. The zero-order chi connectivity index (χ0) is 18.1. The SMILES string of the molecule is C[C@H](c1ccccc1F)N(Cc1nc(-c2ccc(Cl)cc2)no1)C1CC1. The molecule has 1 aliphatic rings. The van der Waals surface area contributed by atoms with E-state index in [1.165, 1.54) is 6.07 Å². The Morgan fingerprint density at radius 1 is 1.19 bits per heavy atom. The number of rotatable bonds is 6. The molecule has 1 heterocycles. The number of hydrogen-bond acceptors (Lipinski definition) is 4. The van der Waals surface area contributed by atoms with Crippen molar-refractivity contribution in [2.75, 3.05) is 0 Å². The van der Waals surface area contributed by atoms with Crippen LogP contribution in [-0.2, 0) is 6.54 Å². The molecule has 4 nitrogen and oxygen atoms in total. The van der Waals surface area contributed by atoms with Crippen molar-refractivity contribution in [1.82, 2.24) is 15.0 Å². The Morgan fingerprint density at radius 2 is 1.92 bits per heavy atom. The fourth-order valence-electron chi connectivity index (χ4n) is 3.17. The molecule has 2 aromatic carbocycles. The van der Waals surface area contributed by atoms with E-state index in [2.05, 4.69) is 15.0 Å². The topological polar surface area (TPSA) is 42.2 Å². The lowest BCUT2D eigenvalue weighted by atomic mass is 10.1. The van der Waals surface area contributed by atoms with Crippen LogP contribution in [0.4, 0.5) is 4.39 Å². The smallest absolute Gasteiger partial charge is 0.241 e. The van der Waals surface area contributed by atoms with Crippen LogP contribution in [0.15, 0.2) is 53.1 Å². The standard InChI is InChI=1S/C20H19ClFN3O/c1-13(17-4-2-3-5-18(17)22)25(16-10-11-16)12-19-23-20(24-26-19)14-6-8-15(21)9-7-14/h2-9,13,16H,10-12H2,1H3/t13-/m1/s1. The van der Waals surface area contributed by atoms with Crippen molar-refractivity contribution in [2.45, 2.75) is 38.4 Å². The van der Waals surface area contributed by atoms with Crippen molar-refractivity contribution in [3.05, 3.63) is 70.8 Å². The van der Waals surface area contributed by atoms with Gasteiger partial charge in [-0.2, -0.15) is 4.98 Å². The average Bonchev–Trinajstić information content (AvgIpc) is 3.38. The van der Waals surface area contributed by atoms with E-state index in [1.54, 1.807) is 18.2 Å². The molecule has 26 heavy (non-hydrogen) atoms. The molecule has 3 aromatic rings. The second-order valence-electron chi connectivity index (χ2n) is 6.62. The van der Waals surface area contributed by atoms with Crippen LogP contribution >= 0.6 is 11.6 Å². The summed E-state index contributed by atoms with van der Waals surface area (Å²) < 4.78 is 19.6. The predicted molar refractivity (Wildman–Crippen MR) is 98.1 cm³/mol.